The number of benzene rings is 1. The Morgan fingerprint density at radius 1 is 1.41 bits per heavy atom. The molecule has 0 spiro atoms. The maximum atomic E-state index is 12.3. The van der Waals surface area contributed by atoms with Gasteiger partial charge in [-0.25, -0.2) is 13.1 Å². The van der Waals surface area contributed by atoms with Crippen LogP contribution in [-0.2, 0) is 10.0 Å². The molecule has 2 rings (SSSR count). The predicted octanol–water partition coefficient (Wildman–Crippen LogP) is 0.666. The van der Waals surface area contributed by atoms with Crippen molar-refractivity contribution < 1.29 is 13.2 Å². The van der Waals surface area contributed by atoms with Crippen LogP contribution in [0.25, 0.3) is 0 Å². The van der Waals surface area contributed by atoms with E-state index in [1.807, 2.05) is 0 Å². The fourth-order valence-electron chi connectivity index (χ4n) is 2.50. The van der Waals surface area contributed by atoms with E-state index >= 15 is 0 Å². The lowest BCUT2D eigenvalue weighted by Crippen LogP contribution is -2.27. The maximum Gasteiger partial charge on any atom is 0.253 e. The van der Waals surface area contributed by atoms with Crippen molar-refractivity contribution in [3.8, 4) is 0 Å². The highest BCUT2D eigenvalue weighted by Crippen LogP contribution is 2.14. The smallest absolute Gasteiger partial charge is 0.253 e. The molecule has 6 nitrogen and oxygen atoms in total. The molecule has 1 heterocycles. The van der Waals surface area contributed by atoms with Crippen LogP contribution in [0, 0.1) is 5.92 Å². The number of hydrogen-bond acceptors (Lipinski definition) is 4. The van der Waals surface area contributed by atoms with E-state index < -0.39 is 10.0 Å². The molecule has 0 radical (unpaired) electrons. The van der Waals surface area contributed by atoms with Crippen LogP contribution >= 0.6 is 0 Å². The molecule has 2 N–H and O–H groups in total. The molecule has 1 aromatic rings. The first-order valence-corrected chi connectivity index (χ1v) is 8.90. The van der Waals surface area contributed by atoms with E-state index in [9.17, 15) is 13.2 Å². The Labute approximate surface area is 131 Å². The van der Waals surface area contributed by atoms with E-state index in [1.165, 1.54) is 17.0 Å². The molecule has 1 amide bonds. The van der Waals surface area contributed by atoms with Crippen molar-refractivity contribution in [2.45, 2.75) is 17.7 Å². The highest BCUT2D eigenvalue weighted by atomic mass is 32.2. The summed E-state index contributed by atoms with van der Waals surface area (Å²) in [5, 5.41) is 3.26. The Morgan fingerprint density at radius 2 is 2.18 bits per heavy atom. The first kappa shape index (κ1) is 16.9. The first-order chi connectivity index (χ1) is 10.4. The van der Waals surface area contributed by atoms with Gasteiger partial charge in [0.05, 0.1) is 4.90 Å². The molecular formula is C15H23N3O3S. The molecule has 0 bridgehead atoms. The van der Waals surface area contributed by atoms with Crippen molar-refractivity contribution in [3.05, 3.63) is 29.8 Å². The third kappa shape index (κ3) is 4.28. The van der Waals surface area contributed by atoms with Gasteiger partial charge in [-0.2, -0.15) is 0 Å². The van der Waals surface area contributed by atoms with Crippen molar-refractivity contribution >= 4 is 15.9 Å². The second kappa shape index (κ2) is 7.21. The van der Waals surface area contributed by atoms with Gasteiger partial charge in [-0.1, -0.05) is 6.07 Å². The predicted molar refractivity (Wildman–Crippen MR) is 85.2 cm³/mol. The molecule has 1 fully saturated rings. The van der Waals surface area contributed by atoms with Crippen molar-refractivity contribution in [2.24, 2.45) is 5.92 Å². The van der Waals surface area contributed by atoms with Gasteiger partial charge in [0.15, 0.2) is 0 Å². The SMILES string of the molecule is CN(C)C(=O)c1cccc(S(=O)(=O)NCCC2CCNC2)c1. The summed E-state index contributed by atoms with van der Waals surface area (Å²) in [6, 6.07) is 6.13. The molecule has 1 aromatic carbocycles. The van der Waals surface area contributed by atoms with Crippen LogP contribution in [0.4, 0.5) is 0 Å². The van der Waals surface area contributed by atoms with Crippen LogP contribution in [-0.4, -0.2) is 53.0 Å². The molecule has 0 saturated carbocycles. The molecule has 0 aromatic heterocycles. The molecule has 122 valence electrons. The third-order valence-electron chi connectivity index (χ3n) is 3.80. The van der Waals surface area contributed by atoms with E-state index in [1.54, 1.807) is 26.2 Å². The fourth-order valence-corrected chi connectivity index (χ4v) is 3.59. The molecule has 1 unspecified atom stereocenters. The summed E-state index contributed by atoms with van der Waals surface area (Å²) in [4.78, 5) is 13.5. The van der Waals surface area contributed by atoms with E-state index in [0.29, 0.717) is 18.0 Å². The second-order valence-electron chi connectivity index (χ2n) is 5.77. The fraction of sp³-hybridized carbons (Fsp3) is 0.533. The zero-order valence-electron chi connectivity index (χ0n) is 13.0. The van der Waals surface area contributed by atoms with Gasteiger partial charge in [0.25, 0.3) is 5.91 Å². The second-order valence-corrected chi connectivity index (χ2v) is 7.54. The average Bonchev–Trinajstić information content (AvgIpc) is 2.99. The minimum absolute atomic E-state index is 0.129. The summed E-state index contributed by atoms with van der Waals surface area (Å²) in [5.74, 6) is 0.318. The summed E-state index contributed by atoms with van der Waals surface area (Å²) in [5.41, 5.74) is 0.368. The quantitative estimate of drug-likeness (QED) is 0.806. The number of nitrogens with one attached hydrogen (secondary N) is 2. The number of hydrogen-bond donors (Lipinski definition) is 2. The molecule has 1 aliphatic rings. The van der Waals surface area contributed by atoms with Gasteiger partial charge in [-0.15, -0.1) is 0 Å². The van der Waals surface area contributed by atoms with Gasteiger partial charge < -0.3 is 10.2 Å². The minimum atomic E-state index is -3.57. The maximum absolute atomic E-state index is 12.3. The first-order valence-electron chi connectivity index (χ1n) is 7.42. The van der Waals surface area contributed by atoms with E-state index in [4.69, 9.17) is 0 Å². The molecular weight excluding hydrogens is 302 g/mol. The van der Waals surface area contributed by atoms with Gasteiger partial charge in [0.2, 0.25) is 10.0 Å². The molecule has 22 heavy (non-hydrogen) atoms. The normalized spacial score (nSPS) is 18.4. The number of sulfonamides is 1. The van der Waals surface area contributed by atoms with Crippen LogP contribution in [0.5, 0.6) is 0 Å². The van der Waals surface area contributed by atoms with Crippen molar-refractivity contribution in [1.82, 2.24) is 14.9 Å². The van der Waals surface area contributed by atoms with E-state index in [-0.39, 0.29) is 10.8 Å². The monoisotopic (exact) mass is 325 g/mol. The number of nitrogens with zero attached hydrogens (tertiary/aromatic N) is 1. The largest absolute Gasteiger partial charge is 0.345 e. The number of carbonyl (C=O) groups is 1. The zero-order chi connectivity index (χ0) is 16.2. The Morgan fingerprint density at radius 3 is 2.82 bits per heavy atom. The summed E-state index contributed by atoms with van der Waals surface area (Å²) >= 11 is 0. The zero-order valence-corrected chi connectivity index (χ0v) is 13.8. The molecule has 1 aliphatic heterocycles. The summed E-state index contributed by atoms with van der Waals surface area (Å²) in [7, 11) is -0.302. The highest BCUT2D eigenvalue weighted by molar-refractivity contribution is 7.89. The summed E-state index contributed by atoms with van der Waals surface area (Å²) in [6.07, 6.45) is 1.91. The summed E-state index contributed by atoms with van der Waals surface area (Å²) in [6.45, 7) is 2.38. The van der Waals surface area contributed by atoms with Crippen molar-refractivity contribution in [2.75, 3.05) is 33.7 Å². The van der Waals surface area contributed by atoms with Crippen molar-refractivity contribution in [1.29, 1.82) is 0 Å². The molecule has 0 aliphatic carbocycles. The number of amides is 1. The van der Waals surface area contributed by atoms with Crippen LogP contribution in [0.15, 0.2) is 29.2 Å². The lowest BCUT2D eigenvalue weighted by Gasteiger charge is -2.12. The Kier molecular flexibility index (Phi) is 5.55. The Balaban J connectivity index is 2.02. The molecule has 7 heteroatoms. The lowest BCUT2D eigenvalue weighted by atomic mass is 10.1. The van der Waals surface area contributed by atoms with Gasteiger partial charge in [0.1, 0.15) is 0 Å². The average molecular weight is 325 g/mol. The van der Waals surface area contributed by atoms with Crippen LogP contribution in [0.1, 0.15) is 23.2 Å². The van der Waals surface area contributed by atoms with Gasteiger partial charge in [0, 0.05) is 26.2 Å². The standard InChI is InChI=1S/C15H23N3O3S/c1-18(2)15(19)13-4-3-5-14(10-13)22(20,21)17-9-7-12-6-8-16-11-12/h3-5,10,12,16-17H,6-9,11H2,1-2H3. The van der Waals surface area contributed by atoms with Gasteiger partial charge >= 0.3 is 0 Å². The topological polar surface area (TPSA) is 78.5 Å². The van der Waals surface area contributed by atoms with Crippen LogP contribution < -0.4 is 10.0 Å². The minimum Gasteiger partial charge on any atom is -0.345 e. The molecule has 1 saturated heterocycles. The van der Waals surface area contributed by atoms with Crippen molar-refractivity contribution in [3.63, 3.8) is 0 Å². The third-order valence-corrected chi connectivity index (χ3v) is 5.26. The van der Waals surface area contributed by atoms with Gasteiger partial charge in [-0.05, 0) is 50.0 Å². The Bertz CT molecular complexity index is 623. The molecule has 1 atom stereocenters. The lowest BCUT2D eigenvalue weighted by molar-refractivity contribution is 0.0827. The Hall–Kier alpha value is -1.44. The van der Waals surface area contributed by atoms with E-state index in [2.05, 4.69) is 10.0 Å². The summed E-state index contributed by atoms with van der Waals surface area (Å²) < 4.78 is 27.2. The van der Waals surface area contributed by atoms with Crippen LogP contribution in [0.3, 0.4) is 0 Å². The number of rotatable bonds is 6. The van der Waals surface area contributed by atoms with E-state index in [0.717, 1.165) is 25.9 Å². The van der Waals surface area contributed by atoms with Crippen LogP contribution in [0.2, 0.25) is 0 Å². The number of carbonyl (C=O) groups excluding carboxylic acids is 1. The highest BCUT2D eigenvalue weighted by Gasteiger charge is 2.19. The van der Waals surface area contributed by atoms with Gasteiger partial charge in [-0.3, -0.25) is 4.79 Å².